The molecule has 2 saturated heterocycles. The van der Waals surface area contributed by atoms with Crippen molar-refractivity contribution >= 4 is 41.1 Å². The number of amides is 3. The van der Waals surface area contributed by atoms with E-state index in [0.717, 1.165) is 82.9 Å². The number of likely N-dealkylation sites (tertiary alicyclic amines) is 2. The third kappa shape index (κ3) is 7.57. The van der Waals surface area contributed by atoms with Crippen molar-refractivity contribution in [2.75, 3.05) is 20.2 Å². The van der Waals surface area contributed by atoms with E-state index in [4.69, 9.17) is 14.7 Å². The first-order valence-corrected chi connectivity index (χ1v) is 19.2. The van der Waals surface area contributed by atoms with Gasteiger partial charge in [0, 0.05) is 13.1 Å². The Bertz CT molecular complexity index is 2350. The summed E-state index contributed by atoms with van der Waals surface area (Å²) in [5, 5.41) is 2.72. The highest BCUT2D eigenvalue weighted by Crippen LogP contribution is 2.36. The molecule has 2 aliphatic rings. The van der Waals surface area contributed by atoms with Gasteiger partial charge in [-0.3, -0.25) is 9.59 Å². The molecule has 56 heavy (non-hydrogen) atoms. The van der Waals surface area contributed by atoms with Crippen LogP contribution in [-0.2, 0) is 14.3 Å². The monoisotopic (exact) mass is 747 g/mol. The second-order valence-electron chi connectivity index (χ2n) is 14.5. The molecule has 6 aromatic rings. The van der Waals surface area contributed by atoms with Crippen molar-refractivity contribution in [2.24, 2.45) is 0 Å². The van der Waals surface area contributed by atoms with E-state index in [0.29, 0.717) is 12.1 Å². The molecule has 4 heterocycles. The summed E-state index contributed by atoms with van der Waals surface area (Å²) in [6, 6.07) is 32.4. The van der Waals surface area contributed by atoms with Gasteiger partial charge in [-0.2, -0.15) is 0 Å². The van der Waals surface area contributed by atoms with Gasteiger partial charge in [0.15, 0.2) is 0 Å². The molecule has 3 N–H and O–H groups in total. The summed E-state index contributed by atoms with van der Waals surface area (Å²) in [4.78, 5) is 60.0. The minimum absolute atomic E-state index is 0.0603. The van der Waals surface area contributed by atoms with Gasteiger partial charge in [0.25, 0.3) is 5.91 Å². The lowest BCUT2D eigenvalue weighted by atomic mass is 9.99. The zero-order valence-corrected chi connectivity index (χ0v) is 31.5. The van der Waals surface area contributed by atoms with E-state index in [1.807, 2.05) is 90.8 Å². The lowest BCUT2D eigenvalue weighted by Gasteiger charge is -2.28. The van der Waals surface area contributed by atoms with Crippen molar-refractivity contribution in [2.45, 2.75) is 56.7 Å². The molecule has 4 atom stereocenters. The molecule has 0 unspecified atom stereocenters. The second kappa shape index (κ2) is 16.1. The Kier molecular flexibility index (Phi) is 10.5. The van der Waals surface area contributed by atoms with Gasteiger partial charge >= 0.3 is 6.09 Å². The van der Waals surface area contributed by atoms with Gasteiger partial charge in [0.2, 0.25) is 5.91 Å². The predicted octanol–water partition coefficient (Wildman–Crippen LogP) is 8.35. The number of nitrogens with zero attached hydrogens (tertiary/aromatic N) is 4. The summed E-state index contributed by atoms with van der Waals surface area (Å²) >= 11 is 0. The molecule has 284 valence electrons. The van der Waals surface area contributed by atoms with E-state index >= 15 is 0 Å². The fourth-order valence-electron chi connectivity index (χ4n) is 7.97. The summed E-state index contributed by atoms with van der Waals surface area (Å²) in [5.41, 5.74) is 7.43. The van der Waals surface area contributed by atoms with Crippen molar-refractivity contribution < 1.29 is 19.1 Å². The van der Waals surface area contributed by atoms with Crippen molar-refractivity contribution in [3.8, 4) is 11.3 Å². The maximum absolute atomic E-state index is 13.9. The van der Waals surface area contributed by atoms with Crippen LogP contribution in [0.15, 0.2) is 109 Å². The molecule has 0 saturated carbocycles. The molecule has 8 rings (SSSR count). The van der Waals surface area contributed by atoms with Crippen molar-refractivity contribution in [1.29, 1.82) is 0 Å². The fourth-order valence-corrected chi connectivity index (χ4v) is 7.97. The highest BCUT2D eigenvalue weighted by atomic mass is 16.5. The third-order valence-electron chi connectivity index (χ3n) is 11.0. The Hall–Kier alpha value is -6.49. The molecule has 2 aromatic heterocycles. The lowest BCUT2D eigenvalue weighted by Crippen LogP contribution is -2.42. The zero-order chi connectivity index (χ0) is 38.6. The van der Waals surface area contributed by atoms with E-state index in [-0.39, 0.29) is 29.8 Å². The summed E-state index contributed by atoms with van der Waals surface area (Å²) < 4.78 is 4.83. The fraction of sp³-hybridized carbons (Fsp3) is 0.267. The van der Waals surface area contributed by atoms with Crippen LogP contribution >= 0.6 is 0 Å². The average molecular weight is 748 g/mol. The van der Waals surface area contributed by atoms with Crippen LogP contribution in [0.5, 0.6) is 0 Å². The number of hydrogen-bond donors (Lipinski definition) is 3. The van der Waals surface area contributed by atoms with Crippen LogP contribution in [0.4, 0.5) is 4.79 Å². The molecule has 0 bridgehead atoms. The largest absolute Gasteiger partial charge is 0.453 e. The van der Waals surface area contributed by atoms with Crippen LogP contribution in [0.25, 0.3) is 34.4 Å². The molecule has 0 radical (unpaired) electrons. The molecule has 3 amide bonds. The number of carbonyl (C=O) groups excluding carboxylic acids is 3. The number of nitrogens with one attached hydrogen (secondary N) is 3. The Morgan fingerprint density at radius 2 is 1.39 bits per heavy atom. The maximum Gasteiger partial charge on any atom is 0.407 e. The van der Waals surface area contributed by atoms with Crippen molar-refractivity contribution in [3.05, 3.63) is 143 Å². The van der Waals surface area contributed by atoms with E-state index < -0.39 is 12.1 Å². The summed E-state index contributed by atoms with van der Waals surface area (Å²) in [6.45, 7) is 3.28. The zero-order valence-electron chi connectivity index (χ0n) is 31.5. The number of methoxy groups -OCH3 is 1. The molecular weight excluding hydrogens is 703 g/mol. The molecule has 0 spiro atoms. The number of H-pyrrole nitrogens is 2. The summed E-state index contributed by atoms with van der Waals surface area (Å²) in [6.07, 6.45) is 8.78. The van der Waals surface area contributed by atoms with E-state index in [1.54, 1.807) is 4.90 Å². The first-order chi connectivity index (χ1) is 27.4. The van der Waals surface area contributed by atoms with Crippen molar-refractivity contribution in [3.63, 3.8) is 0 Å². The maximum atomic E-state index is 13.9. The Balaban J connectivity index is 0.929. The number of aromatic nitrogens is 4. The SMILES string of the molecule is COC(=O)N[C@@H](C(=O)N1CCC[C@H]1c1nc2ccc(/C=C/c3ccc(-c4cnc([C@@H]5CCCN5C(=O)[C@@H](C)c5ccccc5)[nH]4)cc3)cc2[nH]1)c1ccccc1. The number of benzene rings is 4. The number of aromatic amines is 2. The normalized spacial score (nSPS) is 18.0. The van der Waals surface area contributed by atoms with E-state index in [1.165, 1.54) is 7.11 Å². The van der Waals surface area contributed by atoms with Gasteiger partial charge in [-0.25, -0.2) is 14.8 Å². The number of hydrogen-bond acceptors (Lipinski definition) is 6. The summed E-state index contributed by atoms with van der Waals surface area (Å²) in [5.74, 6) is 1.28. The molecule has 0 aliphatic carbocycles. The Morgan fingerprint density at radius 3 is 2.09 bits per heavy atom. The number of fused-ring (bicyclic) bond motifs is 1. The van der Waals surface area contributed by atoms with Crippen LogP contribution in [-0.4, -0.2) is 67.8 Å². The van der Waals surface area contributed by atoms with Gasteiger partial charge in [-0.05, 0) is 72.6 Å². The first-order valence-electron chi connectivity index (χ1n) is 19.2. The molecule has 11 nitrogen and oxygen atoms in total. The molecular formula is C45H45N7O4. The van der Waals surface area contributed by atoms with Gasteiger partial charge in [-0.15, -0.1) is 0 Å². The minimum atomic E-state index is -0.870. The second-order valence-corrected chi connectivity index (χ2v) is 14.5. The number of carbonyl (C=O) groups is 3. The van der Waals surface area contributed by atoms with Crippen LogP contribution < -0.4 is 5.32 Å². The Morgan fingerprint density at radius 1 is 0.768 bits per heavy atom. The quantitative estimate of drug-likeness (QED) is 0.121. The summed E-state index contributed by atoms with van der Waals surface area (Å²) in [7, 11) is 1.29. The topological polar surface area (TPSA) is 136 Å². The smallest absolute Gasteiger partial charge is 0.407 e. The van der Waals surface area contributed by atoms with Crippen LogP contribution in [0.1, 0.15) is 90.6 Å². The number of rotatable bonds is 10. The van der Waals surface area contributed by atoms with E-state index in [2.05, 4.69) is 57.8 Å². The minimum Gasteiger partial charge on any atom is -0.453 e. The molecule has 11 heteroatoms. The first kappa shape index (κ1) is 36.5. The van der Waals surface area contributed by atoms with Gasteiger partial charge in [0.05, 0.1) is 48.0 Å². The number of imidazole rings is 2. The molecule has 2 aliphatic heterocycles. The van der Waals surface area contributed by atoms with Gasteiger partial charge < -0.3 is 29.8 Å². The predicted molar refractivity (Wildman–Crippen MR) is 216 cm³/mol. The van der Waals surface area contributed by atoms with Crippen LogP contribution in [0.2, 0.25) is 0 Å². The van der Waals surface area contributed by atoms with E-state index in [9.17, 15) is 14.4 Å². The Labute approximate surface area is 325 Å². The molecule has 2 fully saturated rings. The van der Waals surface area contributed by atoms with Gasteiger partial charge in [0.1, 0.15) is 17.7 Å². The highest BCUT2D eigenvalue weighted by molar-refractivity contribution is 5.88. The van der Waals surface area contributed by atoms with Crippen molar-refractivity contribution in [1.82, 2.24) is 35.1 Å². The average Bonchev–Trinajstić information content (AvgIpc) is 4.08. The lowest BCUT2D eigenvalue weighted by molar-refractivity contribution is -0.135. The van der Waals surface area contributed by atoms with Crippen LogP contribution in [0.3, 0.4) is 0 Å². The number of alkyl carbamates (subject to hydrolysis) is 1. The van der Waals surface area contributed by atoms with Crippen LogP contribution in [0, 0.1) is 0 Å². The standard InChI is InChI=1S/C45H45N7O4/c1-29(32-11-5-3-6-12-32)43(53)51-25-9-15-38(51)41-46-28-37(49-41)33-22-19-30(20-23-33)17-18-31-21-24-35-36(27-31)48-42(47-35)39-16-10-26-52(39)44(54)40(50-45(55)56-2)34-13-7-4-8-14-34/h3-8,11-14,17-24,27-29,38-40H,9-10,15-16,25-26H2,1-2H3,(H,46,49)(H,47,48)(H,50,55)/b18-17+/t29-,38-,39-,40+/m0/s1. The molecule has 4 aromatic carbocycles. The van der Waals surface area contributed by atoms with Gasteiger partial charge in [-0.1, -0.05) is 103 Å². The highest BCUT2D eigenvalue weighted by Gasteiger charge is 2.37. The number of ether oxygens (including phenoxy) is 1. The third-order valence-corrected chi connectivity index (χ3v) is 11.0.